The summed E-state index contributed by atoms with van der Waals surface area (Å²) in [7, 11) is 0. The van der Waals surface area contributed by atoms with Crippen LogP contribution in [0.2, 0.25) is 0 Å². The standard InChI is InChI=1S/C9H16O/c1-3-5-7-9-10-8-6-4-2/h3,5,7-9H2,1-2H3. The van der Waals surface area contributed by atoms with Crippen LogP contribution in [0.5, 0.6) is 0 Å². The van der Waals surface area contributed by atoms with E-state index in [0.29, 0.717) is 6.61 Å². The number of hydrogen-bond donors (Lipinski definition) is 0. The Bertz CT molecular complexity index is 108. The third-order valence-corrected chi connectivity index (χ3v) is 1.24. The van der Waals surface area contributed by atoms with E-state index in [1.165, 1.54) is 19.3 Å². The molecule has 1 heteroatoms. The van der Waals surface area contributed by atoms with Crippen LogP contribution in [-0.4, -0.2) is 13.2 Å². The second-order valence-electron chi connectivity index (χ2n) is 2.19. The van der Waals surface area contributed by atoms with E-state index >= 15 is 0 Å². The van der Waals surface area contributed by atoms with Gasteiger partial charge in [-0.2, -0.15) is 0 Å². The van der Waals surface area contributed by atoms with Crippen molar-refractivity contribution in [3.8, 4) is 11.8 Å². The highest BCUT2D eigenvalue weighted by Gasteiger charge is 1.83. The molecule has 0 amide bonds. The monoisotopic (exact) mass is 140 g/mol. The van der Waals surface area contributed by atoms with Crippen LogP contribution in [0.1, 0.15) is 33.1 Å². The van der Waals surface area contributed by atoms with Gasteiger partial charge in [0.05, 0.1) is 0 Å². The van der Waals surface area contributed by atoms with Crippen LogP contribution in [0.15, 0.2) is 0 Å². The molecule has 58 valence electrons. The van der Waals surface area contributed by atoms with E-state index in [2.05, 4.69) is 18.8 Å². The molecule has 0 fully saturated rings. The van der Waals surface area contributed by atoms with Crippen molar-refractivity contribution < 1.29 is 4.74 Å². The van der Waals surface area contributed by atoms with Crippen LogP contribution in [0.3, 0.4) is 0 Å². The van der Waals surface area contributed by atoms with Crippen LogP contribution < -0.4 is 0 Å². The Labute approximate surface area is 63.8 Å². The predicted molar refractivity (Wildman–Crippen MR) is 43.8 cm³/mol. The molecule has 0 aromatic heterocycles. The maximum Gasteiger partial charge on any atom is 0.107 e. The zero-order chi connectivity index (χ0) is 7.66. The van der Waals surface area contributed by atoms with Gasteiger partial charge in [-0.05, 0) is 13.3 Å². The summed E-state index contributed by atoms with van der Waals surface area (Å²) in [5, 5.41) is 0. The van der Waals surface area contributed by atoms with Gasteiger partial charge in [-0.1, -0.05) is 25.7 Å². The van der Waals surface area contributed by atoms with Gasteiger partial charge >= 0.3 is 0 Å². The van der Waals surface area contributed by atoms with Crippen molar-refractivity contribution in [1.82, 2.24) is 0 Å². The highest BCUT2D eigenvalue weighted by atomic mass is 16.5. The lowest BCUT2D eigenvalue weighted by Gasteiger charge is -1.96. The van der Waals surface area contributed by atoms with E-state index in [9.17, 15) is 0 Å². The highest BCUT2D eigenvalue weighted by molar-refractivity contribution is 4.94. The Morgan fingerprint density at radius 3 is 2.70 bits per heavy atom. The number of rotatable bonds is 5. The molecule has 0 rings (SSSR count). The molecule has 0 radical (unpaired) electrons. The molecule has 0 aromatic rings. The minimum Gasteiger partial charge on any atom is -0.369 e. The molecule has 10 heavy (non-hydrogen) atoms. The van der Waals surface area contributed by atoms with E-state index in [1.54, 1.807) is 0 Å². The van der Waals surface area contributed by atoms with Crippen molar-refractivity contribution in [3.63, 3.8) is 0 Å². The quantitative estimate of drug-likeness (QED) is 0.420. The van der Waals surface area contributed by atoms with Gasteiger partial charge in [0.1, 0.15) is 6.61 Å². The van der Waals surface area contributed by atoms with Crippen LogP contribution in [-0.2, 0) is 4.74 Å². The lowest BCUT2D eigenvalue weighted by atomic mass is 10.3. The second-order valence-corrected chi connectivity index (χ2v) is 2.19. The van der Waals surface area contributed by atoms with E-state index < -0.39 is 0 Å². The molecular formula is C9H16O. The molecule has 0 bridgehead atoms. The van der Waals surface area contributed by atoms with Gasteiger partial charge in [0.15, 0.2) is 0 Å². The fourth-order valence-corrected chi connectivity index (χ4v) is 0.649. The first-order valence-electron chi connectivity index (χ1n) is 3.89. The van der Waals surface area contributed by atoms with E-state index in [0.717, 1.165) is 6.61 Å². The minimum atomic E-state index is 0.597. The van der Waals surface area contributed by atoms with Crippen LogP contribution in [0, 0.1) is 11.8 Å². The molecule has 1 nitrogen and oxygen atoms in total. The van der Waals surface area contributed by atoms with Crippen LogP contribution >= 0.6 is 0 Å². The Kier molecular flexibility index (Phi) is 8.11. The summed E-state index contributed by atoms with van der Waals surface area (Å²) in [5.41, 5.74) is 0. The summed E-state index contributed by atoms with van der Waals surface area (Å²) in [4.78, 5) is 0. The van der Waals surface area contributed by atoms with Crippen molar-refractivity contribution in [2.45, 2.75) is 33.1 Å². The zero-order valence-corrected chi connectivity index (χ0v) is 6.94. The average molecular weight is 140 g/mol. The van der Waals surface area contributed by atoms with Crippen molar-refractivity contribution >= 4 is 0 Å². The Morgan fingerprint density at radius 2 is 2.10 bits per heavy atom. The largest absolute Gasteiger partial charge is 0.369 e. The third kappa shape index (κ3) is 7.52. The first kappa shape index (κ1) is 9.52. The minimum absolute atomic E-state index is 0.597. The van der Waals surface area contributed by atoms with Crippen molar-refractivity contribution in [1.29, 1.82) is 0 Å². The van der Waals surface area contributed by atoms with Gasteiger partial charge in [0, 0.05) is 6.61 Å². The van der Waals surface area contributed by atoms with Gasteiger partial charge in [-0.3, -0.25) is 0 Å². The summed E-state index contributed by atoms with van der Waals surface area (Å²) in [6.45, 7) is 5.48. The molecule has 0 aliphatic carbocycles. The van der Waals surface area contributed by atoms with Crippen molar-refractivity contribution in [3.05, 3.63) is 0 Å². The fraction of sp³-hybridized carbons (Fsp3) is 0.778. The zero-order valence-electron chi connectivity index (χ0n) is 6.94. The Hall–Kier alpha value is -0.480. The molecule has 0 N–H and O–H groups in total. The highest BCUT2D eigenvalue weighted by Crippen LogP contribution is 1.93. The van der Waals surface area contributed by atoms with Gasteiger partial charge < -0.3 is 4.74 Å². The summed E-state index contributed by atoms with van der Waals surface area (Å²) >= 11 is 0. The fourth-order valence-electron chi connectivity index (χ4n) is 0.649. The number of unbranched alkanes of at least 4 members (excludes halogenated alkanes) is 2. The first-order chi connectivity index (χ1) is 4.91. The predicted octanol–water partition coefficient (Wildman–Crippen LogP) is 2.22. The third-order valence-electron chi connectivity index (χ3n) is 1.24. The Morgan fingerprint density at radius 1 is 1.30 bits per heavy atom. The van der Waals surface area contributed by atoms with Crippen molar-refractivity contribution in [2.24, 2.45) is 0 Å². The Balaban J connectivity index is 2.82. The topological polar surface area (TPSA) is 9.23 Å². The van der Waals surface area contributed by atoms with E-state index in [1.807, 2.05) is 6.92 Å². The van der Waals surface area contributed by atoms with Crippen LogP contribution in [0.4, 0.5) is 0 Å². The molecule has 0 saturated heterocycles. The smallest absolute Gasteiger partial charge is 0.107 e. The maximum atomic E-state index is 5.20. The van der Waals surface area contributed by atoms with Gasteiger partial charge in [0.2, 0.25) is 0 Å². The lowest BCUT2D eigenvalue weighted by molar-refractivity contribution is 0.162. The molecular weight excluding hydrogens is 124 g/mol. The van der Waals surface area contributed by atoms with Gasteiger partial charge in [0.25, 0.3) is 0 Å². The lowest BCUT2D eigenvalue weighted by Crippen LogP contribution is -1.93. The molecule has 0 aliphatic heterocycles. The first-order valence-corrected chi connectivity index (χ1v) is 3.89. The van der Waals surface area contributed by atoms with Crippen molar-refractivity contribution in [2.75, 3.05) is 13.2 Å². The SMILES string of the molecule is CC#CCOCCCCC. The van der Waals surface area contributed by atoms with Crippen LogP contribution in [0.25, 0.3) is 0 Å². The van der Waals surface area contributed by atoms with E-state index in [4.69, 9.17) is 4.74 Å². The summed E-state index contributed by atoms with van der Waals surface area (Å²) in [5.74, 6) is 5.64. The summed E-state index contributed by atoms with van der Waals surface area (Å²) in [6.07, 6.45) is 3.68. The molecule has 0 aliphatic rings. The van der Waals surface area contributed by atoms with Gasteiger partial charge in [-0.25, -0.2) is 0 Å². The van der Waals surface area contributed by atoms with E-state index in [-0.39, 0.29) is 0 Å². The van der Waals surface area contributed by atoms with Gasteiger partial charge in [-0.15, -0.1) is 5.92 Å². The summed E-state index contributed by atoms with van der Waals surface area (Å²) < 4.78 is 5.20. The normalized spacial score (nSPS) is 8.60. The number of ether oxygens (including phenoxy) is 1. The second kappa shape index (κ2) is 8.52. The molecule has 0 aromatic carbocycles. The molecule has 0 heterocycles. The average Bonchev–Trinajstić information content (AvgIpc) is 1.97. The molecule has 0 saturated carbocycles. The number of hydrogen-bond acceptors (Lipinski definition) is 1. The molecule has 0 atom stereocenters. The molecule has 0 unspecified atom stereocenters. The maximum absolute atomic E-state index is 5.20. The molecule has 0 spiro atoms. The summed E-state index contributed by atoms with van der Waals surface area (Å²) in [6, 6.07) is 0.